The van der Waals surface area contributed by atoms with Gasteiger partial charge in [0.1, 0.15) is 5.82 Å². The number of aromatic amines is 1. The van der Waals surface area contributed by atoms with Crippen LogP contribution in [0.5, 0.6) is 0 Å². The molecule has 1 amide bonds. The zero-order valence-corrected chi connectivity index (χ0v) is 13.2. The normalized spacial score (nSPS) is 10.6. The molecule has 7 heteroatoms. The second-order valence-electron chi connectivity index (χ2n) is 4.94. The molecule has 0 aliphatic rings. The summed E-state index contributed by atoms with van der Waals surface area (Å²) < 4.78 is 1.63. The van der Waals surface area contributed by atoms with E-state index < -0.39 is 0 Å². The van der Waals surface area contributed by atoms with E-state index in [4.69, 9.17) is 0 Å². The minimum Gasteiger partial charge on any atom is -0.351 e. The summed E-state index contributed by atoms with van der Waals surface area (Å²) in [6.45, 7) is 1.11. The highest BCUT2D eigenvalue weighted by molar-refractivity contribution is 7.17. The summed E-state index contributed by atoms with van der Waals surface area (Å²) in [5.41, 5.74) is -0.0276. The largest absolute Gasteiger partial charge is 0.351 e. The number of rotatable bonds is 6. The predicted octanol–water partition coefficient (Wildman–Crippen LogP) is 2.12. The molecule has 2 N–H and O–H groups in total. The number of pyridine rings is 1. The van der Waals surface area contributed by atoms with Crippen molar-refractivity contribution in [3.8, 4) is 10.7 Å². The van der Waals surface area contributed by atoms with Crippen LogP contribution < -0.4 is 10.9 Å². The van der Waals surface area contributed by atoms with Crippen molar-refractivity contribution in [3.05, 3.63) is 64.2 Å². The molecule has 0 aromatic carbocycles. The molecule has 0 atom stereocenters. The first-order valence-electron chi connectivity index (χ1n) is 7.27. The van der Waals surface area contributed by atoms with Crippen molar-refractivity contribution in [2.24, 2.45) is 0 Å². The second-order valence-corrected chi connectivity index (χ2v) is 6.03. The lowest BCUT2D eigenvalue weighted by molar-refractivity contribution is 0.0957. The molecule has 0 radical (unpaired) electrons. The SMILES string of the molecule is O=C(NCCCn1ccccc1=O)c1ccc(-c2ncc[nH]2)s1. The monoisotopic (exact) mass is 328 g/mol. The number of thiophene rings is 1. The van der Waals surface area contributed by atoms with Crippen LogP contribution in [0.2, 0.25) is 0 Å². The number of hydrogen-bond acceptors (Lipinski definition) is 4. The molecule has 0 fully saturated rings. The fraction of sp³-hybridized carbons (Fsp3) is 0.188. The number of imidazole rings is 1. The molecular weight excluding hydrogens is 312 g/mol. The molecule has 0 saturated carbocycles. The van der Waals surface area contributed by atoms with E-state index in [9.17, 15) is 9.59 Å². The zero-order chi connectivity index (χ0) is 16.1. The van der Waals surface area contributed by atoms with E-state index in [0.717, 1.165) is 10.7 Å². The van der Waals surface area contributed by atoms with Crippen molar-refractivity contribution in [2.45, 2.75) is 13.0 Å². The van der Waals surface area contributed by atoms with Gasteiger partial charge in [-0.1, -0.05) is 6.07 Å². The molecule has 0 spiro atoms. The highest BCUT2D eigenvalue weighted by Crippen LogP contribution is 2.24. The van der Waals surface area contributed by atoms with Crippen LogP contribution in [0, 0.1) is 0 Å². The molecule has 0 aliphatic heterocycles. The van der Waals surface area contributed by atoms with E-state index in [0.29, 0.717) is 24.4 Å². The van der Waals surface area contributed by atoms with Crippen LogP contribution in [0.3, 0.4) is 0 Å². The number of amides is 1. The molecule has 23 heavy (non-hydrogen) atoms. The highest BCUT2D eigenvalue weighted by Gasteiger charge is 2.10. The van der Waals surface area contributed by atoms with Gasteiger partial charge in [-0.2, -0.15) is 0 Å². The molecule has 6 nitrogen and oxygen atoms in total. The van der Waals surface area contributed by atoms with Crippen LogP contribution in [0.15, 0.2) is 53.7 Å². The summed E-state index contributed by atoms with van der Waals surface area (Å²) in [6, 6.07) is 8.73. The van der Waals surface area contributed by atoms with E-state index in [1.807, 2.05) is 12.1 Å². The van der Waals surface area contributed by atoms with Crippen molar-refractivity contribution >= 4 is 17.2 Å². The summed E-state index contributed by atoms with van der Waals surface area (Å²) in [7, 11) is 0. The summed E-state index contributed by atoms with van der Waals surface area (Å²) >= 11 is 1.39. The number of carbonyl (C=O) groups is 1. The Morgan fingerprint density at radius 3 is 3.00 bits per heavy atom. The number of nitrogens with zero attached hydrogens (tertiary/aromatic N) is 2. The molecule has 0 unspecified atom stereocenters. The predicted molar refractivity (Wildman–Crippen MR) is 89.6 cm³/mol. The van der Waals surface area contributed by atoms with Crippen molar-refractivity contribution in [1.82, 2.24) is 19.9 Å². The standard InChI is InChI=1S/C16H16N4O2S/c21-14-4-1-2-10-20(14)11-3-7-19-16(22)13-6-5-12(23-13)15-17-8-9-18-15/h1-2,4-6,8-10H,3,7,11H2,(H,17,18)(H,19,22). The van der Waals surface area contributed by atoms with Crippen LogP contribution in [0.1, 0.15) is 16.1 Å². The second kappa shape index (κ2) is 7.06. The smallest absolute Gasteiger partial charge is 0.261 e. The third-order valence-corrected chi connectivity index (χ3v) is 4.41. The van der Waals surface area contributed by atoms with Crippen LogP contribution in [0.4, 0.5) is 0 Å². The van der Waals surface area contributed by atoms with Crippen LogP contribution in [-0.4, -0.2) is 27.0 Å². The van der Waals surface area contributed by atoms with Gasteiger partial charge in [0.05, 0.1) is 9.75 Å². The highest BCUT2D eigenvalue weighted by atomic mass is 32.1. The summed E-state index contributed by atoms with van der Waals surface area (Å²) in [5.74, 6) is 0.658. The maximum absolute atomic E-state index is 12.1. The van der Waals surface area contributed by atoms with E-state index in [-0.39, 0.29) is 11.5 Å². The quantitative estimate of drug-likeness (QED) is 0.680. The Hall–Kier alpha value is -2.67. The molecule has 3 rings (SSSR count). The molecular formula is C16H16N4O2S. The van der Waals surface area contributed by atoms with Gasteiger partial charge in [0.25, 0.3) is 5.91 Å². The van der Waals surface area contributed by atoms with E-state index in [1.54, 1.807) is 35.3 Å². The first kappa shape index (κ1) is 15.2. The van der Waals surface area contributed by atoms with Gasteiger partial charge in [0.15, 0.2) is 0 Å². The van der Waals surface area contributed by atoms with Gasteiger partial charge < -0.3 is 14.9 Å². The Kier molecular flexibility index (Phi) is 4.68. The van der Waals surface area contributed by atoms with Gasteiger partial charge in [-0.3, -0.25) is 9.59 Å². The lowest BCUT2D eigenvalue weighted by Crippen LogP contribution is -2.26. The lowest BCUT2D eigenvalue weighted by Gasteiger charge is -2.06. The maximum Gasteiger partial charge on any atom is 0.261 e. The summed E-state index contributed by atoms with van der Waals surface area (Å²) in [6.07, 6.45) is 5.88. The van der Waals surface area contributed by atoms with Crippen molar-refractivity contribution in [2.75, 3.05) is 6.54 Å². The number of aromatic nitrogens is 3. The van der Waals surface area contributed by atoms with Crippen LogP contribution in [0.25, 0.3) is 10.7 Å². The Bertz CT molecular complexity index is 836. The van der Waals surface area contributed by atoms with Crippen molar-refractivity contribution in [1.29, 1.82) is 0 Å². The number of aryl methyl sites for hydroxylation is 1. The van der Waals surface area contributed by atoms with Crippen molar-refractivity contribution < 1.29 is 4.79 Å². The van der Waals surface area contributed by atoms with E-state index in [2.05, 4.69) is 15.3 Å². The fourth-order valence-corrected chi connectivity index (χ4v) is 3.05. The Balaban J connectivity index is 1.50. The Morgan fingerprint density at radius 2 is 2.22 bits per heavy atom. The third kappa shape index (κ3) is 3.75. The van der Waals surface area contributed by atoms with Gasteiger partial charge in [0, 0.05) is 37.7 Å². The van der Waals surface area contributed by atoms with Gasteiger partial charge in [0.2, 0.25) is 5.56 Å². The molecule has 0 saturated heterocycles. The minimum atomic E-state index is -0.104. The first-order valence-corrected chi connectivity index (χ1v) is 8.09. The van der Waals surface area contributed by atoms with Crippen LogP contribution in [-0.2, 0) is 6.54 Å². The number of H-pyrrole nitrogens is 1. The molecule has 0 aliphatic carbocycles. The fourth-order valence-electron chi connectivity index (χ4n) is 2.17. The summed E-state index contributed by atoms with van der Waals surface area (Å²) in [5, 5.41) is 2.87. The van der Waals surface area contributed by atoms with Gasteiger partial charge in [-0.05, 0) is 24.6 Å². The topological polar surface area (TPSA) is 79.8 Å². The van der Waals surface area contributed by atoms with Gasteiger partial charge in [-0.25, -0.2) is 4.98 Å². The van der Waals surface area contributed by atoms with E-state index in [1.165, 1.54) is 17.4 Å². The minimum absolute atomic E-state index is 0.0276. The zero-order valence-electron chi connectivity index (χ0n) is 12.4. The Morgan fingerprint density at radius 1 is 1.30 bits per heavy atom. The number of hydrogen-bond donors (Lipinski definition) is 2. The average molecular weight is 328 g/mol. The third-order valence-electron chi connectivity index (χ3n) is 3.32. The Labute approximate surface area is 136 Å². The molecule has 3 aromatic heterocycles. The lowest BCUT2D eigenvalue weighted by atomic mass is 10.3. The van der Waals surface area contributed by atoms with Gasteiger partial charge in [-0.15, -0.1) is 11.3 Å². The average Bonchev–Trinajstić information content (AvgIpc) is 3.23. The number of nitrogens with one attached hydrogen (secondary N) is 2. The first-order chi connectivity index (χ1) is 11.2. The van der Waals surface area contributed by atoms with Crippen molar-refractivity contribution in [3.63, 3.8) is 0 Å². The molecule has 118 valence electrons. The van der Waals surface area contributed by atoms with E-state index >= 15 is 0 Å². The maximum atomic E-state index is 12.1. The molecule has 0 bridgehead atoms. The summed E-state index contributed by atoms with van der Waals surface area (Å²) in [4.78, 5) is 32.4. The number of carbonyl (C=O) groups excluding carboxylic acids is 1. The molecule has 3 aromatic rings. The van der Waals surface area contributed by atoms with Gasteiger partial charge >= 0.3 is 0 Å². The van der Waals surface area contributed by atoms with Crippen LogP contribution >= 0.6 is 11.3 Å². The molecule has 3 heterocycles.